The van der Waals surface area contributed by atoms with Gasteiger partial charge in [-0.1, -0.05) is 12.1 Å². The zero-order valence-corrected chi connectivity index (χ0v) is 16.9. The number of fused-ring (bicyclic) bond motifs is 1. The first-order chi connectivity index (χ1) is 14.4. The van der Waals surface area contributed by atoms with Crippen molar-refractivity contribution in [3.05, 3.63) is 59.7 Å². The molecule has 1 aromatic heterocycles. The third-order valence-electron chi connectivity index (χ3n) is 5.08. The average Bonchev–Trinajstić information content (AvgIpc) is 3.28. The minimum atomic E-state index is -0.588. The van der Waals surface area contributed by atoms with Crippen molar-refractivity contribution in [1.29, 1.82) is 0 Å². The van der Waals surface area contributed by atoms with Crippen LogP contribution in [0.3, 0.4) is 0 Å². The van der Waals surface area contributed by atoms with Crippen LogP contribution in [0.1, 0.15) is 23.6 Å². The Morgan fingerprint density at radius 2 is 2.10 bits per heavy atom. The van der Waals surface area contributed by atoms with Crippen LogP contribution in [0.25, 0.3) is 11.0 Å². The van der Waals surface area contributed by atoms with E-state index in [1.165, 1.54) is 19.2 Å². The zero-order chi connectivity index (χ0) is 21.3. The maximum absolute atomic E-state index is 13.5. The smallest absolute Gasteiger partial charge is 0.412 e. The molecule has 3 aromatic rings. The lowest BCUT2D eigenvalue weighted by atomic mass is 10.0. The van der Waals surface area contributed by atoms with Crippen molar-refractivity contribution in [2.45, 2.75) is 19.1 Å². The van der Waals surface area contributed by atoms with Gasteiger partial charge in [-0.05, 0) is 23.8 Å². The number of ether oxygens (including phenoxy) is 2. The van der Waals surface area contributed by atoms with Crippen LogP contribution >= 0.6 is 0 Å². The van der Waals surface area contributed by atoms with Crippen LogP contribution in [-0.4, -0.2) is 40.6 Å². The Hall–Kier alpha value is -3.62. The maximum atomic E-state index is 13.5. The van der Waals surface area contributed by atoms with Crippen LogP contribution < -0.4 is 10.1 Å². The van der Waals surface area contributed by atoms with Crippen molar-refractivity contribution in [2.24, 2.45) is 12.1 Å². The normalized spacial score (nSPS) is 15.9. The van der Waals surface area contributed by atoms with E-state index in [-0.39, 0.29) is 18.5 Å². The predicted molar refractivity (Wildman–Crippen MR) is 110 cm³/mol. The van der Waals surface area contributed by atoms with Crippen molar-refractivity contribution in [3.63, 3.8) is 0 Å². The van der Waals surface area contributed by atoms with Gasteiger partial charge in [0, 0.05) is 32.1 Å². The molecule has 0 bridgehead atoms. The summed E-state index contributed by atoms with van der Waals surface area (Å²) in [5.74, 6) is 0.540. The van der Waals surface area contributed by atoms with Crippen LogP contribution in [0.15, 0.2) is 47.8 Å². The number of aromatic nitrogens is 2. The predicted octanol–water partition coefficient (Wildman–Crippen LogP) is 3.34. The summed E-state index contributed by atoms with van der Waals surface area (Å²) in [6.45, 7) is 0.122. The Kier molecular flexibility index (Phi) is 5.26. The van der Waals surface area contributed by atoms with E-state index in [0.717, 1.165) is 22.2 Å². The van der Waals surface area contributed by atoms with Crippen molar-refractivity contribution in [1.82, 2.24) is 19.9 Å². The topological polar surface area (TPSA) is 81.0 Å². The van der Waals surface area contributed by atoms with Gasteiger partial charge in [-0.25, -0.2) is 14.2 Å². The van der Waals surface area contributed by atoms with Crippen LogP contribution in [0, 0.1) is 5.82 Å². The molecule has 2 heterocycles. The lowest BCUT2D eigenvalue weighted by molar-refractivity contribution is 0.145. The molecule has 4 rings (SSSR count). The second-order valence-electron chi connectivity index (χ2n) is 7.11. The SMILES string of the molecule is COc1cc(F)ccc1C1CC(NC(=O)OCc2ccc3c(c2)ncn3C)=NN1C. The minimum absolute atomic E-state index is 0.122. The maximum Gasteiger partial charge on any atom is 0.412 e. The Morgan fingerprint density at radius 1 is 1.27 bits per heavy atom. The minimum Gasteiger partial charge on any atom is -0.496 e. The summed E-state index contributed by atoms with van der Waals surface area (Å²) in [6.07, 6.45) is 1.59. The van der Waals surface area contributed by atoms with Gasteiger partial charge in [0.15, 0.2) is 0 Å². The number of benzene rings is 2. The fourth-order valence-corrected chi connectivity index (χ4v) is 3.54. The molecule has 0 saturated carbocycles. The van der Waals surface area contributed by atoms with E-state index in [0.29, 0.717) is 18.0 Å². The summed E-state index contributed by atoms with van der Waals surface area (Å²) in [5.41, 5.74) is 3.49. The largest absolute Gasteiger partial charge is 0.496 e. The van der Waals surface area contributed by atoms with Crippen molar-refractivity contribution in [3.8, 4) is 5.75 Å². The monoisotopic (exact) mass is 411 g/mol. The highest BCUT2D eigenvalue weighted by molar-refractivity contribution is 5.96. The fourth-order valence-electron chi connectivity index (χ4n) is 3.54. The first-order valence-corrected chi connectivity index (χ1v) is 9.42. The highest BCUT2D eigenvalue weighted by Crippen LogP contribution is 2.35. The molecule has 2 aromatic carbocycles. The van der Waals surface area contributed by atoms with E-state index in [1.54, 1.807) is 24.5 Å². The van der Waals surface area contributed by atoms with Crippen LogP contribution in [0.5, 0.6) is 5.75 Å². The summed E-state index contributed by atoms with van der Waals surface area (Å²) < 4.78 is 26.0. The molecule has 9 heteroatoms. The number of amides is 1. The molecular weight excluding hydrogens is 389 g/mol. The fraction of sp³-hybridized carbons (Fsp3) is 0.286. The molecule has 0 saturated heterocycles. The summed E-state index contributed by atoms with van der Waals surface area (Å²) in [7, 11) is 5.20. The number of carbonyl (C=O) groups excluding carboxylic acids is 1. The van der Waals surface area contributed by atoms with Crippen LogP contribution in [0.2, 0.25) is 0 Å². The number of hydrogen-bond acceptors (Lipinski definition) is 6. The van der Waals surface area contributed by atoms with Crippen molar-refractivity contribution < 1.29 is 18.7 Å². The molecule has 1 aliphatic rings. The van der Waals surface area contributed by atoms with E-state index < -0.39 is 6.09 Å². The summed E-state index contributed by atoms with van der Waals surface area (Å²) in [4.78, 5) is 16.5. The van der Waals surface area contributed by atoms with Crippen LogP contribution in [0.4, 0.5) is 9.18 Å². The third-order valence-corrected chi connectivity index (χ3v) is 5.08. The molecule has 0 radical (unpaired) electrons. The second-order valence-corrected chi connectivity index (χ2v) is 7.11. The molecule has 156 valence electrons. The number of alkyl carbamates (subject to hydrolysis) is 1. The molecule has 0 spiro atoms. The Bertz CT molecular complexity index is 1130. The van der Waals surface area contributed by atoms with E-state index in [2.05, 4.69) is 15.4 Å². The van der Waals surface area contributed by atoms with Crippen molar-refractivity contribution in [2.75, 3.05) is 14.2 Å². The number of nitrogens with zero attached hydrogens (tertiary/aromatic N) is 4. The number of halogens is 1. The van der Waals surface area contributed by atoms with Gasteiger partial charge in [0.2, 0.25) is 0 Å². The average molecular weight is 411 g/mol. The quantitative estimate of drug-likeness (QED) is 0.712. The molecule has 1 amide bonds. The lowest BCUT2D eigenvalue weighted by Gasteiger charge is -2.21. The summed E-state index contributed by atoms with van der Waals surface area (Å²) in [6, 6.07) is 9.93. The zero-order valence-electron chi connectivity index (χ0n) is 16.9. The van der Waals surface area contributed by atoms with Gasteiger partial charge in [-0.2, -0.15) is 5.10 Å². The Labute approximate surface area is 172 Å². The molecule has 1 unspecified atom stereocenters. The van der Waals surface area contributed by atoms with Gasteiger partial charge in [0.1, 0.15) is 24.0 Å². The number of nitrogens with one attached hydrogen (secondary N) is 1. The number of amidine groups is 1. The van der Waals surface area contributed by atoms with E-state index in [4.69, 9.17) is 9.47 Å². The number of hydrogen-bond donors (Lipinski definition) is 1. The second kappa shape index (κ2) is 8.02. The lowest BCUT2D eigenvalue weighted by Crippen LogP contribution is -2.30. The molecule has 0 fully saturated rings. The highest BCUT2D eigenvalue weighted by Gasteiger charge is 2.29. The Balaban J connectivity index is 1.36. The van der Waals surface area contributed by atoms with E-state index in [1.807, 2.05) is 29.8 Å². The number of imidazole rings is 1. The number of carbonyl (C=O) groups is 1. The van der Waals surface area contributed by atoms with Gasteiger partial charge in [0.05, 0.1) is 30.5 Å². The van der Waals surface area contributed by atoms with Crippen molar-refractivity contribution >= 4 is 23.0 Å². The molecule has 1 atom stereocenters. The number of rotatable bonds is 4. The summed E-state index contributed by atoms with van der Waals surface area (Å²) >= 11 is 0. The number of hydrazone groups is 1. The van der Waals surface area contributed by atoms with Gasteiger partial charge < -0.3 is 14.0 Å². The molecule has 1 N–H and O–H groups in total. The van der Waals surface area contributed by atoms with E-state index >= 15 is 0 Å². The summed E-state index contributed by atoms with van der Waals surface area (Å²) in [5, 5.41) is 8.75. The first-order valence-electron chi connectivity index (χ1n) is 9.42. The standard InChI is InChI=1S/C21H22FN5O3/c1-26-12-23-16-8-13(4-7-17(16)26)11-30-21(28)24-20-10-18(27(2)25-20)15-6-5-14(22)9-19(15)29-3/h4-9,12,18H,10-11H2,1-3H3,(H,24,25,28). The Morgan fingerprint density at radius 3 is 2.90 bits per heavy atom. The number of methoxy groups -OCH3 is 1. The molecule has 1 aliphatic heterocycles. The molecular formula is C21H22FN5O3. The van der Waals surface area contributed by atoms with Crippen LogP contribution in [-0.2, 0) is 18.4 Å². The van der Waals surface area contributed by atoms with Gasteiger partial charge in [0.25, 0.3) is 0 Å². The molecule has 0 aliphatic carbocycles. The molecule has 8 nitrogen and oxygen atoms in total. The van der Waals surface area contributed by atoms with Gasteiger partial charge in [-0.3, -0.25) is 10.3 Å². The third kappa shape index (κ3) is 3.91. The van der Waals surface area contributed by atoms with E-state index in [9.17, 15) is 9.18 Å². The highest BCUT2D eigenvalue weighted by atomic mass is 19.1. The van der Waals surface area contributed by atoms with Gasteiger partial charge >= 0.3 is 6.09 Å². The van der Waals surface area contributed by atoms with Gasteiger partial charge in [-0.15, -0.1) is 0 Å². The number of aryl methyl sites for hydroxylation is 1. The first kappa shape index (κ1) is 19.7. The molecule has 30 heavy (non-hydrogen) atoms.